The van der Waals surface area contributed by atoms with Crippen LogP contribution in [0.4, 0.5) is 22.0 Å². The average molecular weight is 561 g/mol. The molecule has 2 rings (SSSR count). The van der Waals surface area contributed by atoms with Gasteiger partial charge in [0.25, 0.3) is 0 Å². The van der Waals surface area contributed by atoms with Crippen LogP contribution in [0.15, 0.2) is 51.9 Å². The van der Waals surface area contributed by atoms with Gasteiger partial charge in [0, 0.05) is 23.9 Å². The highest BCUT2D eigenvalue weighted by molar-refractivity contribution is 6.52. The number of alkyl halides is 5. The molecular weight excluding hydrogens is 519 g/mol. The molecule has 6 nitrogen and oxygen atoms in total. The van der Waals surface area contributed by atoms with Crippen LogP contribution in [-0.2, 0) is 6.18 Å². The minimum absolute atomic E-state index is 0.0334. The summed E-state index contributed by atoms with van der Waals surface area (Å²) in [6.45, 7) is 7.07. The van der Waals surface area contributed by atoms with Crippen LogP contribution in [0.5, 0.6) is 5.75 Å². The van der Waals surface area contributed by atoms with Crippen molar-refractivity contribution in [3.63, 3.8) is 0 Å². The second-order valence-electron chi connectivity index (χ2n) is 9.59. The van der Waals surface area contributed by atoms with Gasteiger partial charge >= 0.3 is 12.8 Å². The normalized spacial score (nSPS) is 15.1. The number of aliphatic hydroxyl groups excluding tert-OH is 1. The summed E-state index contributed by atoms with van der Waals surface area (Å²) in [6, 6.07) is 2.57. The number of halogens is 5. The number of benzene rings is 1. The Hall–Kier alpha value is -2.95. The van der Waals surface area contributed by atoms with Gasteiger partial charge in [-0.2, -0.15) is 22.0 Å². The molecule has 0 fully saturated rings. The van der Waals surface area contributed by atoms with Crippen LogP contribution in [0.25, 0.3) is 0 Å². The number of allylic oxidation sites excluding steroid dienone is 2. The SMILES string of the molecule is CCCCC(CC(C)C)NC1=CCN=C(c2ccc(C(F)(F)F)cc2OC(F)F)C(/C=C(/C)N)=N1.CCCO. The number of ether oxygens (including phenoxy) is 1. The first kappa shape index (κ1) is 34.1. The molecule has 1 aromatic carbocycles. The van der Waals surface area contributed by atoms with Gasteiger partial charge in [0.1, 0.15) is 11.6 Å². The first-order valence-electron chi connectivity index (χ1n) is 13.1. The number of nitrogens with one attached hydrogen (secondary N) is 1. The van der Waals surface area contributed by atoms with E-state index in [9.17, 15) is 22.0 Å². The Balaban J connectivity index is 0.00000177. The van der Waals surface area contributed by atoms with Crippen molar-refractivity contribution >= 4 is 11.4 Å². The van der Waals surface area contributed by atoms with Crippen LogP contribution in [0, 0.1) is 5.92 Å². The number of hydrogen-bond donors (Lipinski definition) is 3. The first-order chi connectivity index (χ1) is 18.3. The van der Waals surface area contributed by atoms with Gasteiger partial charge < -0.3 is 20.9 Å². The zero-order valence-corrected chi connectivity index (χ0v) is 23.3. The van der Waals surface area contributed by atoms with Crippen LogP contribution in [-0.4, -0.2) is 42.3 Å². The number of aliphatic hydroxyl groups is 1. The molecule has 1 atom stereocenters. The van der Waals surface area contributed by atoms with Gasteiger partial charge in [-0.3, -0.25) is 4.99 Å². The summed E-state index contributed by atoms with van der Waals surface area (Å²) in [4.78, 5) is 9.07. The Morgan fingerprint density at radius 1 is 1.21 bits per heavy atom. The zero-order chi connectivity index (χ0) is 29.6. The fourth-order valence-corrected chi connectivity index (χ4v) is 3.73. The van der Waals surface area contributed by atoms with Crippen molar-refractivity contribution < 1.29 is 31.8 Å². The third-order valence-electron chi connectivity index (χ3n) is 5.40. The smallest absolute Gasteiger partial charge is 0.416 e. The van der Waals surface area contributed by atoms with Crippen molar-refractivity contribution in [3.8, 4) is 5.75 Å². The van der Waals surface area contributed by atoms with Crippen molar-refractivity contribution in [1.29, 1.82) is 0 Å². The van der Waals surface area contributed by atoms with E-state index in [1.165, 1.54) is 6.08 Å². The van der Waals surface area contributed by atoms with E-state index < -0.39 is 24.1 Å². The molecule has 4 N–H and O–H groups in total. The summed E-state index contributed by atoms with van der Waals surface area (Å²) in [6.07, 6.45) is 3.37. The minimum Gasteiger partial charge on any atom is -0.434 e. The van der Waals surface area contributed by atoms with E-state index in [0.29, 0.717) is 30.1 Å². The van der Waals surface area contributed by atoms with E-state index in [1.54, 1.807) is 13.0 Å². The number of unbranched alkanes of at least 4 members (excludes halogenated alkanes) is 1. The van der Waals surface area contributed by atoms with E-state index in [0.717, 1.165) is 44.2 Å². The Kier molecular flexibility index (Phi) is 14.8. The molecule has 1 aliphatic heterocycles. The fraction of sp³-hybridized carbons (Fsp3) is 0.571. The van der Waals surface area contributed by atoms with Gasteiger partial charge in [-0.05, 0) is 62.5 Å². The molecule has 0 bridgehead atoms. The van der Waals surface area contributed by atoms with Crippen molar-refractivity contribution in [2.45, 2.75) is 85.6 Å². The van der Waals surface area contributed by atoms with Gasteiger partial charge in [0.2, 0.25) is 0 Å². The van der Waals surface area contributed by atoms with Crippen LogP contribution in [0.2, 0.25) is 0 Å². The molecule has 220 valence electrons. The molecule has 0 radical (unpaired) electrons. The van der Waals surface area contributed by atoms with Crippen LogP contribution in [0.3, 0.4) is 0 Å². The van der Waals surface area contributed by atoms with Gasteiger partial charge in [0.15, 0.2) is 0 Å². The molecule has 0 spiro atoms. The summed E-state index contributed by atoms with van der Waals surface area (Å²) in [5.74, 6) is 0.362. The summed E-state index contributed by atoms with van der Waals surface area (Å²) in [5.41, 5.74) is 5.45. The molecule has 1 aromatic rings. The number of nitrogens with two attached hydrogens (primary N) is 1. The summed E-state index contributed by atoms with van der Waals surface area (Å²) >= 11 is 0. The number of rotatable bonds is 12. The zero-order valence-electron chi connectivity index (χ0n) is 23.3. The average Bonchev–Trinajstić information content (AvgIpc) is 3.02. The monoisotopic (exact) mass is 560 g/mol. The van der Waals surface area contributed by atoms with Crippen molar-refractivity contribution in [2.75, 3.05) is 13.2 Å². The van der Waals surface area contributed by atoms with Gasteiger partial charge in [0.05, 0.1) is 23.5 Å². The largest absolute Gasteiger partial charge is 0.434 e. The van der Waals surface area contributed by atoms with E-state index in [1.807, 2.05) is 6.92 Å². The maximum Gasteiger partial charge on any atom is 0.416 e. The molecule has 1 unspecified atom stereocenters. The predicted octanol–water partition coefficient (Wildman–Crippen LogP) is 6.84. The maximum atomic E-state index is 13.2. The lowest BCUT2D eigenvalue weighted by Gasteiger charge is -2.22. The van der Waals surface area contributed by atoms with Crippen LogP contribution in [0.1, 0.15) is 77.8 Å². The minimum atomic E-state index is -4.72. The summed E-state index contributed by atoms with van der Waals surface area (Å²) < 4.78 is 70.2. The van der Waals surface area contributed by atoms with Gasteiger partial charge in [-0.1, -0.05) is 40.5 Å². The second kappa shape index (κ2) is 16.9. The number of nitrogens with zero attached hydrogens (tertiary/aromatic N) is 2. The lowest BCUT2D eigenvalue weighted by Crippen LogP contribution is -2.30. The molecule has 0 saturated carbocycles. The summed E-state index contributed by atoms with van der Waals surface area (Å²) in [7, 11) is 0. The highest BCUT2D eigenvalue weighted by atomic mass is 19.4. The van der Waals surface area contributed by atoms with Crippen molar-refractivity contribution in [1.82, 2.24) is 5.32 Å². The second-order valence-corrected chi connectivity index (χ2v) is 9.59. The number of aliphatic imine (C=N–C) groups is 2. The molecular formula is C28H41F5N4O2. The van der Waals surface area contributed by atoms with Gasteiger partial charge in [-0.25, -0.2) is 4.99 Å². The molecule has 11 heteroatoms. The molecule has 0 aliphatic carbocycles. The highest BCUT2D eigenvalue weighted by Crippen LogP contribution is 2.34. The molecule has 0 amide bonds. The molecule has 39 heavy (non-hydrogen) atoms. The van der Waals surface area contributed by atoms with Crippen molar-refractivity contribution in [3.05, 3.63) is 53.0 Å². The highest BCUT2D eigenvalue weighted by Gasteiger charge is 2.32. The molecule has 1 heterocycles. The standard InChI is InChI=1S/C25H33F5N4O.C3H8O/c1-5-6-7-18(12-15(2)3)33-22-10-11-32-23(20(34-22)13-16(4)31)19-9-8-17(25(28,29)30)14-21(19)35-24(26)27;1-2-3-4/h8-10,13-15,18,24,33H,5-7,11-12,31H2,1-4H3;4H,2-3H2,1H3/b16-13-;. The Labute approximate surface area is 227 Å². The summed E-state index contributed by atoms with van der Waals surface area (Å²) in [5, 5.41) is 11.3. The third-order valence-corrected chi connectivity index (χ3v) is 5.40. The number of hydrogen-bond acceptors (Lipinski definition) is 6. The Morgan fingerprint density at radius 3 is 2.38 bits per heavy atom. The molecule has 0 aromatic heterocycles. The maximum absolute atomic E-state index is 13.2. The van der Waals surface area contributed by atoms with Crippen molar-refractivity contribution in [2.24, 2.45) is 21.6 Å². The predicted molar refractivity (Wildman–Crippen MR) is 146 cm³/mol. The lowest BCUT2D eigenvalue weighted by atomic mass is 9.99. The van der Waals surface area contributed by atoms with E-state index in [2.05, 4.69) is 40.8 Å². The van der Waals surface area contributed by atoms with Gasteiger partial charge in [-0.15, -0.1) is 0 Å². The fourth-order valence-electron chi connectivity index (χ4n) is 3.73. The Bertz CT molecular complexity index is 1010. The van der Waals surface area contributed by atoms with E-state index in [4.69, 9.17) is 10.8 Å². The topological polar surface area (TPSA) is 92.2 Å². The lowest BCUT2D eigenvalue weighted by molar-refractivity contribution is -0.138. The third kappa shape index (κ3) is 12.6. The van der Waals surface area contributed by atoms with Crippen LogP contribution < -0.4 is 15.8 Å². The first-order valence-corrected chi connectivity index (χ1v) is 13.1. The van der Waals surface area contributed by atoms with E-state index in [-0.39, 0.29) is 29.6 Å². The quantitative estimate of drug-likeness (QED) is 0.244. The Morgan fingerprint density at radius 2 is 1.87 bits per heavy atom. The van der Waals surface area contributed by atoms with E-state index >= 15 is 0 Å². The van der Waals surface area contributed by atoms with Crippen LogP contribution >= 0.6 is 0 Å². The molecule has 1 aliphatic rings. The molecule has 0 saturated heterocycles.